The summed E-state index contributed by atoms with van der Waals surface area (Å²) in [4.78, 5) is 52.1. The summed E-state index contributed by atoms with van der Waals surface area (Å²) in [5, 5.41) is 0.570. The van der Waals surface area contributed by atoms with Crippen molar-refractivity contribution < 1.29 is 28.3 Å². The first-order valence-corrected chi connectivity index (χ1v) is 12.1. The molecule has 8 nitrogen and oxygen atoms in total. The van der Waals surface area contributed by atoms with Crippen molar-refractivity contribution in [1.82, 2.24) is 0 Å². The lowest BCUT2D eigenvalue weighted by atomic mass is 10.1. The van der Waals surface area contributed by atoms with Crippen LogP contribution in [-0.4, -0.2) is 17.8 Å². The van der Waals surface area contributed by atoms with E-state index in [1.807, 2.05) is 0 Å². The quantitative estimate of drug-likeness (QED) is 0.148. The van der Waals surface area contributed by atoms with Crippen molar-refractivity contribution in [3.05, 3.63) is 129 Å². The van der Waals surface area contributed by atoms with Gasteiger partial charge in [-0.3, -0.25) is 14.4 Å². The average molecular weight is 538 g/mol. The lowest BCUT2D eigenvalue weighted by Gasteiger charge is -2.14. The molecular weight excluding hydrogens is 522 g/mol. The van der Waals surface area contributed by atoms with Crippen LogP contribution in [0.15, 0.2) is 106 Å². The van der Waals surface area contributed by atoms with Crippen molar-refractivity contribution in [3.8, 4) is 17.2 Å². The lowest BCUT2D eigenvalue weighted by molar-refractivity contribution is 0.0734. The van der Waals surface area contributed by atoms with Gasteiger partial charge >= 0.3 is 5.97 Å². The molecule has 1 aliphatic rings. The van der Waals surface area contributed by atoms with Gasteiger partial charge in [0.15, 0.2) is 0 Å². The average Bonchev–Trinajstić information content (AvgIpc) is 3.21. The highest BCUT2D eigenvalue weighted by molar-refractivity contribution is 6.34. The Hall–Kier alpha value is -5.21. The molecule has 0 bridgehead atoms. The molecule has 0 N–H and O–H groups in total. The van der Waals surface area contributed by atoms with Crippen LogP contribution in [0.3, 0.4) is 0 Å². The molecule has 0 aliphatic carbocycles. The normalized spacial score (nSPS) is 12.5. The molecule has 2 heterocycles. The van der Waals surface area contributed by atoms with Crippen molar-refractivity contribution in [2.75, 3.05) is 4.90 Å². The molecule has 4 aromatic carbocycles. The number of anilines is 1. The zero-order chi connectivity index (χ0) is 27.1. The number of imide groups is 1. The van der Waals surface area contributed by atoms with E-state index in [0.717, 1.165) is 11.2 Å². The van der Waals surface area contributed by atoms with Crippen LogP contribution in [-0.2, 0) is 0 Å². The van der Waals surface area contributed by atoms with Gasteiger partial charge in [-0.05, 0) is 60.7 Å². The van der Waals surface area contributed by atoms with Crippen molar-refractivity contribution in [1.29, 1.82) is 0 Å². The van der Waals surface area contributed by atoms with E-state index in [4.69, 9.17) is 25.5 Å². The fraction of sp³-hybridized carbons (Fsp3) is 0. The summed E-state index contributed by atoms with van der Waals surface area (Å²) >= 11 is 6.10. The second-order valence-electron chi connectivity index (χ2n) is 8.55. The molecule has 0 spiro atoms. The zero-order valence-electron chi connectivity index (χ0n) is 19.9. The highest BCUT2D eigenvalue weighted by Crippen LogP contribution is 2.30. The van der Waals surface area contributed by atoms with E-state index in [0.29, 0.717) is 27.6 Å². The van der Waals surface area contributed by atoms with Gasteiger partial charge in [-0.1, -0.05) is 35.9 Å². The molecular formula is C30H16ClNO7. The third-order valence-corrected chi connectivity index (χ3v) is 6.45. The number of hydrogen-bond acceptors (Lipinski definition) is 7. The number of para-hydroxylation sites is 1. The van der Waals surface area contributed by atoms with Crippen molar-refractivity contribution in [3.63, 3.8) is 0 Å². The van der Waals surface area contributed by atoms with Gasteiger partial charge in [0.05, 0.1) is 32.8 Å². The maximum absolute atomic E-state index is 12.9. The Labute approximate surface area is 225 Å². The summed E-state index contributed by atoms with van der Waals surface area (Å²) in [5.41, 5.74) is 0.962. The Morgan fingerprint density at radius 3 is 2.13 bits per heavy atom. The van der Waals surface area contributed by atoms with Gasteiger partial charge in [-0.25, -0.2) is 9.69 Å². The monoisotopic (exact) mass is 537 g/mol. The maximum atomic E-state index is 12.9. The number of amides is 2. The number of carbonyl (C=O) groups is 3. The smallest absolute Gasteiger partial charge is 0.343 e. The maximum Gasteiger partial charge on any atom is 0.343 e. The van der Waals surface area contributed by atoms with Crippen molar-refractivity contribution in [2.45, 2.75) is 0 Å². The Kier molecular flexibility index (Phi) is 5.94. The number of nitrogens with zero attached hydrogens (tertiary/aromatic N) is 1. The Bertz CT molecular complexity index is 1830. The molecule has 0 atom stereocenters. The van der Waals surface area contributed by atoms with E-state index in [1.165, 1.54) is 42.5 Å². The van der Waals surface area contributed by atoms with Gasteiger partial charge in [0, 0.05) is 6.07 Å². The van der Waals surface area contributed by atoms with Crippen molar-refractivity contribution >= 4 is 46.0 Å². The van der Waals surface area contributed by atoms with Crippen LogP contribution < -0.4 is 19.8 Å². The summed E-state index contributed by atoms with van der Waals surface area (Å²) < 4.78 is 16.6. The van der Waals surface area contributed by atoms with Crippen LogP contribution in [0.5, 0.6) is 17.2 Å². The van der Waals surface area contributed by atoms with Crippen LogP contribution in [0.25, 0.3) is 11.0 Å². The van der Waals surface area contributed by atoms with E-state index in [9.17, 15) is 19.2 Å². The second kappa shape index (κ2) is 9.59. The van der Waals surface area contributed by atoms with E-state index in [2.05, 4.69) is 0 Å². The number of hydrogen-bond donors (Lipinski definition) is 0. The SMILES string of the molecule is O=C(Oc1ccc2c(=O)c(Oc3ccccc3Cl)coc2c1)c1ccc(N2C(=O)c3ccccc3C2=O)cc1. The minimum Gasteiger partial charge on any atom is -0.460 e. The molecule has 0 radical (unpaired) electrons. The van der Waals surface area contributed by atoms with E-state index >= 15 is 0 Å². The van der Waals surface area contributed by atoms with Gasteiger partial charge in [0.25, 0.3) is 11.8 Å². The van der Waals surface area contributed by atoms with Crippen LogP contribution in [0.4, 0.5) is 5.69 Å². The van der Waals surface area contributed by atoms with Crippen LogP contribution in [0.1, 0.15) is 31.1 Å². The fourth-order valence-electron chi connectivity index (χ4n) is 4.21. The summed E-state index contributed by atoms with van der Waals surface area (Å²) in [7, 11) is 0. The Morgan fingerprint density at radius 1 is 0.769 bits per heavy atom. The van der Waals surface area contributed by atoms with Gasteiger partial charge in [-0.15, -0.1) is 0 Å². The second-order valence-corrected chi connectivity index (χ2v) is 8.95. The topological polar surface area (TPSA) is 103 Å². The minimum absolute atomic E-state index is 0.0431. The highest BCUT2D eigenvalue weighted by atomic mass is 35.5. The van der Waals surface area contributed by atoms with E-state index in [1.54, 1.807) is 48.5 Å². The fourth-order valence-corrected chi connectivity index (χ4v) is 4.38. The third-order valence-electron chi connectivity index (χ3n) is 6.14. The van der Waals surface area contributed by atoms with Gasteiger partial charge < -0.3 is 13.9 Å². The molecule has 0 unspecified atom stereocenters. The molecule has 39 heavy (non-hydrogen) atoms. The van der Waals surface area contributed by atoms with Crippen LogP contribution >= 0.6 is 11.6 Å². The first-order valence-electron chi connectivity index (χ1n) is 11.7. The Balaban J connectivity index is 1.19. The number of benzene rings is 4. The predicted molar refractivity (Wildman–Crippen MR) is 143 cm³/mol. The molecule has 6 rings (SSSR count). The highest BCUT2D eigenvalue weighted by Gasteiger charge is 2.36. The number of ether oxygens (including phenoxy) is 2. The molecule has 5 aromatic rings. The molecule has 0 saturated carbocycles. The summed E-state index contributed by atoms with van der Waals surface area (Å²) in [6.45, 7) is 0. The lowest BCUT2D eigenvalue weighted by Crippen LogP contribution is -2.29. The summed E-state index contributed by atoms with van der Waals surface area (Å²) in [6, 6.07) is 23.6. The summed E-state index contributed by atoms with van der Waals surface area (Å²) in [6.07, 6.45) is 1.16. The number of halogens is 1. The van der Waals surface area contributed by atoms with Gasteiger partial charge in [0.2, 0.25) is 11.2 Å². The standard InChI is InChI=1S/C30H16ClNO7/c31-23-7-3-4-8-24(23)39-26-16-37-25-15-19(13-14-22(25)27(26)33)38-30(36)17-9-11-18(12-10-17)32-28(34)20-5-1-2-6-21(20)29(32)35/h1-16H. The number of rotatable bonds is 5. The number of fused-ring (bicyclic) bond motifs is 2. The molecule has 0 fully saturated rings. The van der Waals surface area contributed by atoms with Crippen molar-refractivity contribution in [2.24, 2.45) is 0 Å². The molecule has 190 valence electrons. The van der Waals surface area contributed by atoms with Gasteiger partial charge in [-0.2, -0.15) is 0 Å². The van der Waals surface area contributed by atoms with Gasteiger partial charge in [0.1, 0.15) is 23.3 Å². The molecule has 0 saturated heterocycles. The zero-order valence-corrected chi connectivity index (χ0v) is 20.7. The third kappa shape index (κ3) is 4.32. The van der Waals surface area contributed by atoms with Crippen LogP contribution in [0.2, 0.25) is 5.02 Å². The number of carbonyl (C=O) groups excluding carboxylic acids is 3. The molecule has 1 aliphatic heterocycles. The first-order chi connectivity index (χ1) is 18.9. The molecule has 9 heteroatoms. The summed E-state index contributed by atoms with van der Waals surface area (Å²) in [5.74, 6) is -1.11. The minimum atomic E-state index is -0.677. The van der Waals surface area contributed by atoms with E-state index < -0.39 is 23.2 Å². The molecule has 1 aromatic heterocycles. The molecule has 2 amide bonds. The van der Waals surface area contributed by atoms with E-state index in [-0.39, 0.29) is 28.0 Å². The number of esters is 1. The predicted octanol–water partition coefficient (Wildman–Crippen LogP) is 6.26. The Morgan fingerprint density at radius 2 is 1.44 bits per heavy atom. The first kappa shape index (κ1) is 24.1. The largest absolute Gasteiger partial charge is 0.460 e. The van der Waals surface area contributed by atoms with Crippen LogP contribution in [0, 0.1) is 0 Å².